The molecule has 0 saturated heterocycles. The third-order valence-electron chi connectivity index (χ3n) is 5.58. The van der Waals surface area contributed by atoms with Gasteiger partial charge in [0.15, 0.2) is 5.84 Å². The van der Waals surface area contributed by atoms with Crippen LogP contribution >= 0.6 is 11.8 Å². The molecule has 0 fully saturated rings. The van der Waals surface area contributed by atoms with Crippen molar-refractivity contribution in [3.05, 3.63) is 81.5 Å². The Labute approximate surface area is 199 Å². The fourth-order valence-corrected chi connectivity index (χ4v) is 4.73. The first-order chi connectivity index (χ1) is 16.3. The van der Waals surface area contributed by atoms with E-state index in [2.05, 4.69) is 10.1 Å². The molecule has 0 aliphatic carbocycles. The number of benzene rings is 2. The molecule has 0 unspecified atom stereocenters. The minimum absolute atomic E-state index is 0.00495. The summed E-state index contributed by atoms with van der Waals surface area (Å²) in [6.45, 7) is 4.51. The van der Waals surface area contributed by atoms with Gasteiger partial charge >= 0.3 is 0 Å². The molecule has 3 aromatic rings. The number of fused-ring (bicyclic) bond motifs is 2. The molecule has 0 radical (unpaired) electrons. The van der Waals surface area contributed by atoms with Crippen LogP contribution < -0.4 is 0 Å². The van der Waals surface area contributed by atoms with Crippen molar-refractivity contribution in [2.45, 2.75) is 20.4 Å². The highest BCUT2D eigenvalue weighted by molar-refractivity contribution is 8.27. The molecular formula is C24H20N6O3S. The first-order valence-corrected chi connectivity index (χ1v) is 11.4. The van der Waals surface area contributed by atoms with Crippen LogP contribution in [0.15, 0.2) is 70.4 Å². The number of nitrogens with zero attached hydrogens (tertiary/aromatic N) is 5. The summed E-state index contributed by atoms with van der Waals surface area (Å²) >= 11 is 1.32. The summed E-state index contributed by atoms with van der Waals surface area (Å²) in [6.07, 6.45) is 3.60. The molecule has 2 aliphatic rings. The number of thioether (sulfide) groups is 1. The van der Waals surface area contributed by atoms with Crippen molar-refractivity contribution >= 4 is 56.4 Å². The SMILES string of the molecule is CC(C)C1=NN2C(=N)/C(=C/c3cn(Cc4ccc([N+](=O)[O-])cc4)c4ccccc34)C(=O)N=C2S1. The van der Waals surface area contributed by atoms with Crippen LogP contribution in [0.3, 0.4) is 0 Å². The Bertz CT molecular complexity index is 1450. The van der Waals surface area contributed by atoms with Gasteiger partial charge in [0.25, 0.3) is 11.6 Å². The number of nitro groups is 1. The minimum atomic E-state index is -0.462. The van der Waals surface area contributed by atoms with Crippen molar-refractivity contribution in [1.29, 1.82) is 5.41 Å². The zero-order valence-corrected chi connectivity index (χ0v) is 19.2. The van der Waals surface area contributed by atoms with Gasteiger partial charge in [-0.1, -0.05) is 44.2 Å². The Morgan fingerprint density at radius 3 is 2.62 bits per heavy atom. The maximum atomic E-state index is 12.8. The van der Waals surface area contributed by atoms with E-state index in [0.717, 1.165) is 27.1 Å². The molecule has 0 atom stereocenters. The van der Waals surface area contributed by atoms with Gasteiger partial charge in [-0.15, -0.1) is 0 Å². The second-order valence-electron chi connectivity index (χ2n) is 8.27. The summed E-state index contributed by atoms with van der Waals surface area (Å²) < 4.78 is 2.02. The molecule has 5 rings (SSSR count). The standard InChI is InChI=1S/C24H20N6O3S/c1-14(2)23-27-29-21(25)19(22(31)26-24(29)34-23)11-16-13-28(20-6-4-3-5-18(16)20)12-15-7-9-17(10-8-15)30(32)33/h3-11,13-14,25H,12H2,1-2H3/b19-11-,25-21?. The lowest BCUT2D eigenvalue weighted by atomic mass is 10.1. The van der Waals surface area contributed by atoms with E-state index in [9.17, 15) is 14.9 Å². The zero-order chi connectivity index (χ0) is 24.0. The molecule has 0 spiro atoms. The number of carbonyl (C=O) groups excluding carboxylic acids is 1. The Kier molecular flexibility index (Phi) is 5.37. The number of amidine groups is 2. The van der Waals surface area contributed by atoms with E-state index in [0.29, 0.717) is 11.7 Å². The zero-order valence-electron chi connectivity index (χ0n) is 18.4. The van der Waals surface area contributed by atoms with Crippen LogP contribution in [0.25, 0.3) is 17.0 Å². The highest BCUT2D eigenvalue weighted by Crippen LogP contribution is 2.32. The predicted molar refractivity (Wildman–Crippen MR) is 134 cm³/mol. The average molecular weight is 473 g/mol. The van der Waals surface area contributed by atoms with Crippen LogP contribution in [-0.2, 0) is 11.3 Å². The molecule has 2 aliphatic heterocycles. The number of nitro benzene ring substituents is 1. The molecule has 2 aromatic carbocycles. The smallest absolute Gasteiger partial charge is 0.283 e. The number of non-ortho nitro benzene ring substituents is 1. The summed E-state index contributed by atoms with van der Waals surface area (Å²) in [6, 6.07) is 14.2. The van der Waals surface area contributed by atoms with Gasteiger partial charge in [-0.05, 0) is 29.5 Å². The van der Waals surface area contributed by atoms with E-state index in [1.807, 2.05) is 48.9 Å². The van der Waals surface area contributed by atoms with Crippen molar-refractivity contribution < 1.29 is 9.72 Å². The monoisotopic (exact) mass is 472 g/mol. The number of rotatable bonds is 5. The highest BCUT2D eigenvalue weighted by atomic mass is 32.2. The Morgan fingerprint density at radius 2 is 1.91 bits per heavy atom. The molecule has 1 aromatic heterocycles. The molecule has 10 heteroatoms. The lowest BCUT2D eigenvalue weighted by Crippen LogP contribution is -2.35. The van der Waals surface area contributed by atoms with Crippen LogP contribution in [-0.4, -0.2) is 36.5 Å². The molecule has 1 N–H and O–H groups in total. The number of para-hydroxylation sites is 1. The number of nitrogens with one attached hydrogen (secondary N) is 1. The third-order valence-corrected chi connectivity index (χ3v) is 6.79. The van der Waals surface area contributed by atoms with E-state index in [1.165, 1.54) is 28.9 Å². The first kappa shape index (κ1) is 21.8. The number of aliphatic imine (C=N–C) groups is 1. The second kappa shape index (κ2) is 8.38. The van der Waals surface area contributed by atoms with Gasteiger partial charge in [0.05, 0.1) is 10.5 Å². The largest absolute Gasteiger partial charge is 0.342 e. The van der Waals surface area contributed by atoms with Gasteiger partial charge in [-0.2, -0.15) is 15.1 Å². The summed E-state index contributed by atoms with van der Waals surface area (Å²) in [7, 11) is 0. The van der Waals surface area contributed by atoms with Crippen LogP contribution in [0, 0.1) is 21.4 Å². The minimum Gasteiger partial charge on any atom is -0.342 e. The normalized spacial score (nSPS) is 16.9. The summed E-state index contributed by atoms with van der Waals surface area (Å²) in [5.74, 6) is -0.285. The third kappa shape index (κ3) is 3.81. The summed E-state index contributed by atoms with van der Waals surface area (Å²) in [5.41, 5.74) is 2.86. The van der Waals surface area contributed by atoms with E-state index < -0.39 is 10.8 Å². The van der Waals surface area contributed by atoms with Crippen molar-refractivity contribution in [3.63, 3.8) is 0 Å². The predicted octanol–water partition coefficient (Wildman–Crippen LogP) is 4.87. The van der Waals surface area contributed by atoms with Crippen LogP contribution in [0.5, 0.6) is 0 Å². The summed E-state index contributed by atoms with van der Waals surface area (Å²) in [5, 5.41) is 27.6. The summed E-state index contributed by atoms with van der Waals surface area (Å²) in [4.78, 5) is 27.5. The van der Waals surface area contributed by atoms with E-state index in [-0.39, 0.29) is 23.0 Å². The molecule has 1 amide bonds. The number of amides is 1. The van der Waals surface area contributed by atoms with E-state index >= 15 is 0 Å². The lowest BCUT2D eigenvalue weighted by Gasteiger charge is -2.20. The van der Waals surface area contributed by atoms with Gasteiger partial charge in [0, 0.05) is 47.3 Å². The highest BCUT2D eigenvalue weighted by Gasteiger charge is 2.36. The first-order valence-electron chi connectivity index (χ1n) is 10.6. The Morgan fingerprint density at radius 1 is 1.18 bits per heavy atom. The van der Waals surface area contributed by atoms with Crippen molar-refractivity contribution in [2.24, 2.45) is 16.0 Å². The Hall–Kier alpha value is -4.05. The number of hydrogen-bond donors (Lipinski definition) is 1. The van der Waals surface area contributed by atoms with Crippen molar-refractivity contribution in [1.82, 2.24) is 9.58 Å². The fourth-order valence-electron chi connectivity index (χ4n) is 3.84. The van der Waals surface area contributed by atoms with E-state index in [1.54, 1.807) is 18.2 Å². The molecule has 34 heavy (non-hydrogen) atoms. The van der Waals surface area contributed by atoms with Gasteiger partial charge in [0.1, 0.15) is 5.04 Å². The molecular weight excluding hydrogens is 452 g/mol. The van der Waals surface area contributed by atoms with Crippen LogP contribution in [0.2, 0.25) is 0 Å². The second-order valence-corrected chi connectivity index (χ2v) is 9.25. The lowest BCUT2D eigenvalue weighted by molar-refractivity contribution is -0.384. The number of hydrogen-bond acceptors (Lipinski definition) is 6. The molecule has 170 valence electrons. The fraction of sp³-hybridized carbons (Fsp3) is 0.167. The quantitative estimate of drug-likeness (QED) is 0.323. The topological polar surface area (TPSA) is 117 Å². The Balaban J connectivity index is 1.52. The molecule has 0 saturated carbocycles. The molecule has 3 heterocycles. The number of hydrazone groups is 1. The molecule has 0 bridgehead atoms. The van der Waals surface area contributed by atoms with Gasteiger partial charge < -0.3 is 4.57 Å². The number of carbonyl (C=O) groups is 1. The van der Waals surface area contributed by atoms with Crippen LogP contribution in [0.1, 0.15) is 25.0 Å². The maximum Gasteiger partial charge on any atom is 0.283 e. The van der Waals surface area contributed by atoms with Gasteiger partial charge in [-0.3, -0.25) is 20.3 Å². The van der Waals surface area contributed by atoms with Crippen molar-refractivity contribution in [3.8, 4) is 0 Å². The molecule has 9 nitrogen and oxygen atoms in total. The van der Waals surface area contributed by atoms with Gasteiger partial charge in [-0.25, -0.2) is 0 Å². The maximum absolute atomic E-state index is 12.8. The average Bonchev–Trinajstić information content (AvgIpc) is 3.39. The number of aromatic nitrogens is 1. The van der Waals surface area contributed by atoms with Crippen LogP contribution in [0.4, 0.5) is 5.69 Å². The van der Waals surface area contributed by atoms with Crippen molar-refractivity contribution in [2.75, 3.05) is 0 Å². The van der Waals surface area contributed by atoms with E-state index in [4.69, 9.17) is 5.41 Å². The van der Waals surface area contributed by atoms with Gasteiger partial charge in [0.2, 0.25) is 5.17 Å².